The van der Waals surface area contributed by atoms with E-state index in [2.05, 4.69) is 55.4 Å². The average molecular weight is 544 g/mol. The van der Waals surface area contributed by atoms with Gasteiger partial charge in [0.25, 0.3) is 5.56 Å². The number of methoxy groups -OCH3 is 1. The number of piperazine rings is 1. The highest BCUT2D eigenvalue weighted by atomic mass is 16.5. The second kappa shape index (κ2) is 11.5. The van der Waals surface area contributed by atoms with Crippen LogP contribution >= 0.6 is 0 Å². The second-order valence-corrected chi connectivity index (χ2v) is 11.0. The van der Waals surface area contributed by atoms with Crippen LogP contribution in [0.2, 0.25) is 0 Å². The zero-order valence-electron chi connectivity index (χ0n) is 23.5. The van der Waals surface area contributed by atoms with E-state index in [-0.39, 0.29) is 17.7 Å². The molecule has 2 saturated heterocycles. The van der Waals surface area contributed by atoms with Crippen LogP contribution in [0.25, 0.3) is 10.9 Å². The molecule has 6 rings (SSSR count). The van der Waals surface area contributed by atoms with Crippen molar-refractivity contribution in [2.24, 2.45) is 0 Å². The van der Waals surface area contributed by atoms with Crippen LogP contribution in [0.4, 0.5) is 0 Å². The minimum atomic E-state index is -0.371. The van der Waals surface area contributed by atoms with E-state index in [1.165, 1.54) is 5.56 Å². The van der Waals surface area contributed by atoms with Crippen LogP contribution in [0.15, 0.2) is 47.3 Å². The van der Waals surface area contributed by atoms with E-state index in [0.29, 0.717) is 17.9 Å². The first-order valence-electron chi connectivity index (χ1n) is 14.1. The molecule has 4 heterocycles. The fourth-order valence-electron chi connectivity index (χ4n) is 6.12. The quantitative estimate of drug-likeness (QED) is 0.362. The maximum absolute atomic E-state index is 13.6. The summed E-state index contributed by atoms with van der Waals surface area (Å²) < 4.78 is 13.1. The number of tetrazole rings is 1. The van der Waals surface area contributed by atoms with E-state index in [0.717, 1.165) is 80.0 Å². The molecule has 1 N–H and O–H groups in total. The van der Waals surface area contributed by atoms with E-state index >= 15 is 0 Å². The Morgan fingerprint density at radius 2 is 1.98 bits per heavy atom. The summed E-state index contributed by atoms with van der Waals surface area (Å²) in [5.41, 5.74) is 4.90. The minimum absolute atomic E-state index is 0.0859. The zero-order chi connectivity index (χ0) is 27.6. The van der Waals surface area contributed by atoms with Crippen LogP contribution in [-0.2, 0) is 17.8 Å². The molecule has 0 saturated carbocycles. The van der Waals surface area contributed by atoms with Crippen LogP contribution in [-0.4, -0.2) is 81.0 Å². The van der Waals surface area contributed by atoms with Gasteiger partial charge >= 0.3 is 0 Å². The third-order valence-corrected chi connectivity index (χ3v) is 8.15. The topological polar surface area (TPSA) is 101 Å². The normalized spacial score (nSPS) is 19.3. The van der Waals surface area contributed by atoms with Crippen molar-refractivity contribution in [1.29, 1.82) is 0 Å². The molecule has 2 aliphatic heterocycles. The van der Waals surface area contributed by atoms with Gasteiger partial charge in [0.15, 0.2) is 5.82 Å². The van der Waals surface area contributed by atoms with Crippen molar-refractivity contribution < 1.29 is 9.47 Å². The Morgan fingerprint density at radius 3 is 2.75 bits per heavy atom. The molecule has 10 nitrogen and oxygen atoms in total. The lowest BCUT2D eigenvalue weighted by atomic mass is 9.99. The van der Waals surface area contributed by atoms with Gasteiger partial charge in [-0.3, -0.25) is 14.6 Å². The summed E-state index contributed by atoms with van der Waals surface area (Å²) in [6.45, 7) is 9.63. The molecule has 0 radical (unpaired) electrons. The fourth-order valence-corrected chi connectivity index (χ4v) is 6.12. The van der Waals surface area contributed by atoms with E-state index < -0.39 is 0 Å². The smallest absolute Gasteiger partial charge is 0.253 e. The Kier molecular flexibility index (Phi) is 7.64. The highest BCUT2D eigenvalue weighted by Crippen LogP contribution is 2.30. The summed E-state index contributed by atoms with van der Waals surface area (Å²) in [6, 6.07) is 14.1. The predicted molar refractivity (Wildman–Crippen MR) is 153 cm³/mol. The van der Waals surface area contributed by atoms with Crippen molar-refractivity contribution in [3.05, 3.63) is 80.9 Å². The van der Waals surface area contributed by atoms with Crippen molar-refractivity contribution in [3.63, 3.8) is 0 Å². The number of benzene rings is 2. The molecule has 2 aromatic carbocycles. The van der Waals surface area contributed by atoms with Crippen molar-refractivity contribution in [3.8, 4) is 5.75 Å². The van der Waals surface area contributed by atoms with Crippen molar-refractivity contribution in [2.45, 2.75) is 51.9 Å². The molecule has 0 spiro atoms. The number of H-pyrrole nitrogens is 1. The maximum atomic E-state index is 13.6. The Labute approximate surface area is 233 Å². The van der Waals surface area contributed by atoms with Crippen molar-refractivity contribution in [1.82, 2.24) is 35.0 Å². The van der Waals surface area contributed by atoms with E-state index in [9.17, 15) is 4.79 Å². The number of aromatic amines is 1. The van der Waals surface area contributed by atoms with E-state index in [1.54, 1.807) is 7.11 Å². The molecule has 0 bridgehead atoms. The number of aromatic nitrogens is 5. The summed E-state index contributed by atoms with van der Waals surface area (Å²) >= 11 is 0. The van der Waals surface area contributed by atoms with Gasteiger partial charge in [0.1, 0.15) is 11.8 Å². The van der Waals surface area contributed by atoms with Crippen LogP contribution in [0.5, 0.6) is 5.75 Å². The van der Waals surface area contributed by atoms with Gasteiger partial charge in [-0.05, 0) is 78.1 Å². The molecule has 0 amide bonds. The highest BCUT2D eigenvalue weighted by Gasteiger charge is 2.33. The van der Waals surface area contributed by atoms with E-state index in [4.69, 9.17) is 9.47 Å². The zero-order valence-corrected chi connectivity index (χ0v) is 23.5. The first-order chi connectivity index (χ1) is 19.5. The number of aryl methyl sites for hydroxylation is 2. The van der Waals surface area contributed by atoms with Gasteiger partial charge in [0.05, 0.1) is 19.8 Å². The maximum Gasteiger partial charge on any atom is 0.253 e. The standard InChI is InChI=1S/C30H37N7O3/c1-20-14-21(2)25-17-26(30(38)31-27(25)15-20)28(29-32-33-34-37(29)19-24-8-5-13-40-24)36-11-9-35(10-12-36)18-22-6-4-7-23(16-22)39-3/h4,6-7,14-17,24,28H,5,8-13,18-19H2,1-3H3,(H,31,38). The first kappa shape index (κ1) is 26.6. The SMILES string of the molecule is COc1cccc(CN2CCN(C(c3cc4c(C)cc(C)cc4[nH]c3=O)c3nnnn3CC3CCCO3)CC2)c1. The first-order valence-corrected chi connectivity index (χ1v) is 14.1. The molecule has 2 aliphatic rings. The van der Waals surface area contributed by atoms with Crippen LogP contribution < -0.4 is 10.3 Å². The summed E-state index contributed by atoms with van der Waals surface area (Å²) in [7, 11) is 1.70. The second-order valence-electron chi connectivity index (χ2n) is 11.0. The largest absolute Gasteiger partial charge is 0.497 e. The Balaban J connectivity index is 1.32. The van der Waals surface area contributed by atoms with Gasteiger partial charge in [0, 0.05) is 55.8 Å². The number of pyridine rings is 1. The number of nitrogens with one attached hydrogen (secondary N) is 1. The third kappa shape index (κ3) is 5.52. The molecule has 0 aliphatic carbocycles. The van der Waals surface area contributed by atoms with Crippen LogP contribution in [0.1, 0.15) is 47.0 Å². The molecule has 2 atom stereocenters. The monoisotopic (exact) mass is 543 g/mol. The van der Waals surface area contributed by atoms with Crippen molar-refractivity contribution >= 4 is 10.9 Å². The lowest BCUT2D eigenvalue weighted by Gasteiger charge is -2.38. The number of hydrogen-bond donors (Lipinski definition) is 1. The molecule has 2 aromatic heterocycles. The van der Waals surface area contributed by atoms with Crippen LogP contribution in [0.3, 0.4) is 0 Å². The summed E-state index contributed by atoms with van der Waals surface area (Å²) in [6.07, 6.45) is 2.12. The molecular weight excluding hydrogens is 506 g/mol. The molecule has 10 heteroatoms. The lowest BCUT2D eigenvalue weighted by Crippen LogP contribution is -2.48. The van der Waals surface area contributed by atoms with Gasteiger partial charge < -0.3 is 14.5 Å². The summed E-state index contributed by atoms with van der Waals surface area (Å²) in [5.74, 6) is 1.56. The summed E-state index contributed by atoms with van der Waals surface area (Å²) in [4.78, 5) is 21.6. The Bertz CT molecular complexity index is 1530. The van der Waals surface area contributed by atoms with Crippen LogP contribution in [0, 0.1) is 13.8 Å². The number of nitrogens with zero attached hydrogens (tertiary/aromatic N) is 6. The van der Waals surface area contributed by atoms with Gasteiger partial charge in [0.2, 0.25) is 0 Å². The molecule has 40 heavy (non-hydrogen) atoms. The molecule has 2 fully saturated rings. The highest BCUT2D eigenvalue weighted by molar-refractivity contribution is 5.83. The number of fused-ring (bicyclic) bond motifs is 1. The Morgan fingerprint density at radius 1 is 1.12 bits per heavy atom. The third-order valence-electron chi connectivity index (χ3n) is 8.15. The van der Waals surface area contributed by atoms with Crippen molar-refractivity contribution in [2.75, 3.05) is 39.9 Å². The lowest BCUT2D eigenvalue weighted by molar-refractivity contribution is 0.0840. The molecule has 210 valence electrons. The Hall–Kier alpha value is -3.60. The van der Waals surface area contributed by atoms with E-state index in [1.807, 2.05) is 35.9 Å². The molecular formula is C30H37N7O3. The average Bonchev–Trinajstić information content (AvgIpc) is 3.63. The fraction of sp³-hybridized carbons (Fsp3) is 0.467. The number of hydrogen-bond acceptors (Lipinski definition) is 8. The molecule has 2 unspecified atom stereocenters. The van der Waals surface area contributed by atoms with Gasteiger partial charge in [-0.15, -0.1) is 5.10 Å². The minimum Gasteiger partial charge on any atom is -0.497 e. The number of ether oxygens (including phenoxy) is 2. The predicted octanol–water partition coefficient (Wildman–Crippen LogP) is 3.23. The van der Waals surface area contributed by atoms with Gasteiger partial charge in [-0.2, -0.15) is 0 Å². The molecule has 4 aromatic rings. The summed E-state index contributed by atoms with van der Waals surface area (Å²) in [5, 5.41) is 13.9. The van der Waals surface area contributed by atoms with Gasteiger partial charge in [-0.25, -0.2) is 4.68 Å². The number of rotatable bonds is 8. The van der Waals surface area contributed by atoms with Gasteiger partial charge in [-0.1, -0.05) is 18.2 Å².